The van der Waals surface area contributed by atoms with Crippen LogP contribution in [0.25, 0.3) is 11.5 Å². The minimum Gasteiger partial charge on any atom is -0.497 e. The SMILES string of the molecule is COc1ccc(N)c(-c2nc(C3CC3)no2)c1. The number of nitrogens with two attached hydrogens (primary N) is 1. The van der Waals surface area contributed by atoms with Crippen molar-refractivity contribution in [3.05, 3.63) is 24.0 Å². The number of methoxy groups -OCH3 is 1. The van der Waals surface area contributed by atoms with E-state index in [-0.39, 0.29) is 0 Å². The van der Waals surface area contributed by atoms with Gasteiger partial charge < -0.3 is 15.0 Å². The lowest BCUT2D eigenvalue weighted by Gasteiger charge is -2.03. The first-order valence-corrected chi connectivity index (χ1v) is 5.55. The molecule has 0 bridgehead atoms. The summed E-state index contributed by atoms with van der Waals surface area (Å²) < 4.78 is 10.4. The highest BCUT2D eigenvalue weighted by atomic mass is 16.5. The quantitative estimate of drug-likeness (QED) is 0.820. The molecule has 0 aliphatic heterocycles. The summed E-state index contributed by atoms with van der Waals surface area (Å²) in [6, 6.07) is 5.38. The van der Waals surface area contributed by atoms with Crippen molar-refractivity contribution in [1.29, 1.82) is 0 Å². The molecule has 17 heavy (non-hydrogen) atoms. The predicted octanol–water partition coefficient (Wildman–Crippen LogP) is 2.20. The van der Waals surface area contributed by atoms with Crippen LogP contribution in [0.3, 0.4) is 0 Å². The molecule has 2 N–H and O–H groups in total. The number of hydrogen-bond acceptors (Lipinski definition) is 5. The van der Waals surface area contributed by atoms with Gasteiger partial charge in [-0.3, -0.25) is 0 Å². The van der Waals surface area contributed by atoms with E-state index in [4.69, 9.17) is 15.0 Å². The van der Waals surface area contributed by atoms with Crippen molar-refractivity contribution in [2.75, 3.05) is 12.8 Å². The van der Waals surface area contributed by atoms with Gasteiger partial charge in [-0.05, 0) is 31.0 Å². The molecule has 1 saturated carbocycles. The van der Waals surface area contributed by atoms with Gasteiger partial charge in [0.05, 0.1) is 12.7 Å². The van der Waals surface area contributed by atoms with Crippen molar-refractivity contribution < 1.29 is 9.26 Å². The normalized spacial score (nSPS) is 14.9. The first kappa shape index (κ1) is 10.1. The van der Waals surface area contributed by atoms with Gasteiger partial charge in [-0.2, -0.15) is 4.98 Å². The van der Waals surface area contributed by atoms with Crippen LogP contribution < -0.4 is 10.5 Å². The Morgan fingerprint density at radius 1 is 1.41 bits per heavy atom. The molecule has 1 aliphatic rings. The number of benzene rings is 1. The van der Waals surface area contributed by atoms with Gasteiger partial charge in [-0.1, -0.05) is 5.16 Å². The fourth-order valence-electron chi connectivity index (χ4n) is 1.70. The number of anilines is 1. The average molecular weight is 231 g/mol. The third kappa shape index (κ3) is 1.84. The molecule has 88 valence electrons. The molecular weight excluding hydrogens is 218 g/mol. The summed E-state index contributed by atoms with van der Waals surface area (Å²) in [6.07, 6.45) is 2.29. The lowest BCUT2D eigenvalue weighted by Crippen LogP contribution is -1.92. The van der Waals surface area contributed by atoms with E-state index >= 15 is 0 Å². The van der Waals surface area contributed by atoms with Crippen LogP contribution in [-0.2, 0) is 0 Å². The fourth-order valence-corrected chi connectivity index (χ4v) is 1.70. The number of hydrogen-bond donors (Lipinski definition) is 1. The van der Waals surface area contributed by atoms with Crippen molar-refractivity contribution >= 4 is 5.69 Å². The fraction of sp³-hybridized carbons (Fsp3) is 0.333. The second kappa shape index (κ2) is 3.76. The number of nitrogens with zero attached hydrogens (tertiary/aromatic N) is 2. The van der Waals surface area contributed by atoms with Crippen LogP contribution in [-0.4, -0.2) is 17.3 Å². The lowest BCUT2D eigenvalue weighted by atomic mass is 10.1. The minimum absolute atomic E-state index is 0.461. The number of ether oxygens (including phenoxy) is 1. The van der Waals surface area contributed by atoms with E-state index in [2.05, 4.69) is 10.1 Å². The zero-order valence-corrected chi connectivity index (χ0v) is 9.51. The number of nitrogen functional groups attached to an aromatic ring is 1. The van der Waals surface area contributed by atoms with Gasteiger partial charge in [-0.15, -0.1) is 0 Å². The monoisotopic (exact) mass is 231 g/mol. The molecule has 0 amide bonds. The summed E-state index contributed by atoms with van der Waals surface area (Å²) in [5.41, 5.74) is 7.23. The minimum atomic E-state index is 0.461. The predicted molar refractivity (Wildman–Crippen MR) is 62.7 cm³/mol. The second-order valence-electron chi connectivity index (χ2n) is 4.19. The Kier molecular flexibility index (Phi) is 2.24. The molecule has 0 radical (unpaired) electrons. The summed E-state index contributed by atoms with van der Waals surface area (Å²) in [4.78, 5) is 4.37. The summed E-state index contributed by atoms with van der Waals surface area (Å²) >= 11 is 0. The van der Waals surface area contributed by atoms with Gasteiger partial charge in [0.1, 0.15) is 5.75 Å². The molecule has 0 spiro atoms. The van der Waals surface area contributed by atoms with E-state index in [9.17, 15) is 0 Å². The van der Waals surface area contributed by atoms with Crippen LogP contribution in [0, 0.1) is 0 Å². The highest BCUT2D eigenvalue weighted by molar-refractivity contribution is 5.72. The van der Waals surface area contributed by atoms with Gasteiger partial charge in [0.2, 0.25) is 0 Å². The molecular formula is C12H13N3O2. The molecule has 0 unspecified atom stereocenters. The Morgan fingerprint density at radius 2 is 2.24 bits per heavy atom. The van der Waals surface area contributed by atoms with E-state index in [1.54, 1.807) is 25.3 Å². The second-order valence-corrected chi connectivity index (χ2v) is 4.19. The molecule has 0 atom stereocenters. The maximum Gasteiger partial charge on any atom is 0.260 e. The molecule has 3 rings (SSSR count). The molecule has 5 heteroatoms. The Balaban J connectivity index is 2.00. The van der Waals surface area contributed by atoms with E-state index in [0.717, 1.165) is 30.0 Å². The molecule has 1 heterocycles. The Bertz CT molecular complexity index is 546. The average Bonchev–Trinajstić information content (AvgIpc) is 3.09. The van der Waals surface area contributed by atoms with Crippen LogP contribution in [0.2, 0.25) is 0 Å². The van der Waals surface area contributed by atoms with E-state index in [1.807, 2.05) is 0 Å². The van der Waals surface area contributed by atoms with Gasteiger partial charge >= 0.3 is 0 Å². The third-order valence-electron chi connectivity index (χ3n) is 2.88. The topological polar surface area (TPSA) is 74.2 Å². The number of aromatic nitrogens is 2. The van der Waals surface area contributed by atoms with Crippen molar-refractivity contribution in [2.45, 2.75) is 18.8 Å². The highest BCUT2D eigenvalue weighted by Gasteiger charge is 2.29. The summed E-state index contributed by atoms with van der Waals surface area (Å²) in [5.74, 6) is 2.44. The lowest BCUT2D eigenvalue weighted by molar-refractivity contribution is 0.412. The standard InChI is InChI=1S/C12H13N3O2/c1-16-8-4-5-10(13)9(6-8)12-14-11(15-17-12)7-2-3-7/h4-7H,2-3,13H2,1H3. The van der Waals surface area contributed by atoms with Crippen LogP contribution in [0.15, 0.2) is 22.7 Å². The maximum atomic E-state index is 5.89. The van der Waals surface area contributed by atoms with Crippen LogP contribution in [0.1, 0.15) is 24.6 Å². The number of rotatable bonds is 3. The van der Waals surface area contributed by atoms with E-state index < -0.39 is 0 Å². The van der Waals surface area contributed by atoms with Crippen molar-refractivity contribution in [3.63, 3.8) is 0 Å². The van der Waals surface area contributed by atoms with Crippen LogP contribution >= 0.6 is 0 Å². The molecule has 0 saturated heterocycles. The van der Waals surface area contributed by atoms with E-state index in [0.29, 0.717) is 17.5 Å². The molecule has 1 aromatic carbocycles. The van der Waals surface area contributed by atoms with Crippen molar-refractivity contribution in [1.82, 2.24) is 10.1 Å². The zero-order valence-electron chi connectivity index (χ0n) is 9.51. The van der Waals surface area contributed by atoms with Gasteiger partial charge in [0.15, 0.2) is 5.82 Å². The Hall–Kier alpha value is -2.04. The molecule has 1 aliphatic carbocycles. The largest absolute Gasteiger partial charge is 0.497 e. The molecule has 2 aromatic rings. The van der Waals surface area contributed by atoms with Gasteiger partial charge in [0.25, 0.3) is 5.89 Å². The molecule has 1 fully saturated rings. The third-order valence-corrected chi connectivity index (χ3v) is 2.88. The summed E-state index contributed by atoms with van der Waals surface area (Å²) in [6.45, 7) is 0. The first-order chi connectivity index (χ1) is 8.28. The maximum absolute atomic E-state index is 5.89. The van der Waals surface area contributed by atoms with Crippen LogP contribution in [0.4, 0.5) is 5.69 Å². The van der Waals surface area contributed by atoms with Crippen molar-refractivity contribution in [3.8, 4) is 17.2 Å². The first-order valence-electron chi connectivity index (χ1n) is 5.55. The van der Waals surface area contributed by atoms with Gasteiger partial charge in [0, 0.05) is 11.6 Å². The smallest absolute Gasteiger partial charge is 0.260 e. The zero-order chi connectivity index (χ0) is 11.8. The Morgan fingerprint density at radius 3 is 2.94 bits per heavy atom. The Labute approximate surface area is 98.6 Å². The molecule has 1 aromatic heterocycles. The van der Waals surface area contributed by atoms with E-state index in [1.165, 1.54) is 0 Å². The molecule has 5 nitrogen and oxygen atoms in total. The summed E-state index contributed by atoms with van der Waals surface area (Å²) in [7, 11) is 1.61. The summed E-state index contributed by atoms with van der Waals surface area (Å²) in [5, 5.41) is 3.97. The highest BCUT2D eigenvalue weighted by Crippen LogP contribution is 2.39. The van der Waals surface area contributed by atoms with Crippen LogP contribution in [0.5, 0.6) is 5.75 Å². The van der Waals surface area contributed by atoms with Crippen molar-refractivity contribution in [2.24, 2.45) is 0 Å². The van der Waals surface area contributed by atoms with Gasteiger partial charge in [-0.25, -0.2) is 0 Å².